The second-order valence-corrected chi connectivity index (χ2v) is 7.61. The third-order valence-corrected chi connectivity index (χ3v) is 5.67. The van der Waals surface area contributed by atoms with Gasteiger partial charge >= 0.3 is 0 Å². The number of halogens is 1. The van der Waals surface area contributed by atoms with Gasteiger partial charge in [0, 0.05) is 37.5 Å². The van der Waals surface area contributed by atoms with Crippen LogP contribution in [0.15, 0.2) is 46.8 Å². The van der Waals surface area contributed by atoms with Gasteiger partial charge in [0.15, 0.2) is 5.96 Å². The molecular formula is C21H29IN4OS. The lowest BCUT2D eigenvalue weighted by atomic mass is 10.1. The van der Waals surface area contributed by atoms with Crippen LogP contribution in [0.25, 0.3) is 0 Å². The zero-order valence-corrected chi connectivity index (χ0v) is 19.5. The number of fused-ring (bicyclic) bond motifs is 1. The third-order valence-electron chi connectivity index (χ3n) is 4.65. The third kappa shape index (κ3) is 6.77. The summed E-state index contributed by atoms with van der Waals surface area (Å²) in [6.45, 7) is 5.75. The molecule has 1 aromatic heterocycles. The molecular weight excluding hydrogens is 483 g/mol. The number of nitrogens with zero attached hydrogens (tertiary/aromatic N) is 2. The summed E-state index contributed by atoms with van der Waals surface area (Å²) in [5.74, 6) is 0.968. The zero-order valence-electron chi connectivity index (χ0n) is 16.3. The Hall–Kier alpha value is -1.61. The molecule has 28 heavy (non-hydrogen) atoms. The highest BCUT2D eigenvalue weighted by molar-refractivity contribution is 14.0. The Morgan fingerprint density at radius 2 is 2.04 bits per heavy atom. The number of thiophene rings is 1. The van der Waals surface area contributed by atoms with Crippen molar-refractivity contribution >= 4 is 47.2 Å². The van der Waals surface area contributed by atoms with Gasteiger partial charge in [-0.1, -0.05) is 30.3 Å². The van der Waals surface area contributed by atoms with E-state index >= 15 is 0 Å². The van der Waals surface area contributed by atoms with Crippen LogP contribution in [0.2, 0.25) is 0 Å². The van der Waals surface area contributed by atoms with Crippen molar-refractivity contribution in [2.75, 3.05) is 26.2 Å². The number of nitrogens with one attached hydrogen (secondary N) is 2. The molecule has 2 aromatic rings. The molecule has 5 nitrogen and oxygen atoms in total. The molecule has 7 heteroatoms. The summed E-state index contributed by atoms with van der Waals surface area (Å²) in [4.78, 5) is 20.4. The lowest BCUT2D eigenvalue weighted by Crippen LogP contribution is -2.39. The van der Waals surface area contributed by atoms with Gasteiger partial charge in [-0.05, 0) is 42.3 Å². The molecule has 2 N–H and O–H groups in total. The molecule has 1 aliphatic rings. The first-order chi connectivity index (χ1) is 13.3. The number of rotatable bonds is 7. The monoisotopic (exact) mass is 512 g/mol. The highest BCUT2D eigenvalue weighted by Crippen LogP contribution is 2.24. The average molecular weight is 512 g/mol. The number of aliphatic imine (C=N–C) groups is 1. The standard InChI is InChI=1S/C21H28N4OS.HI/c1-2-22-21(23-12-8-17-6-4-3-5-7-17)24-13-9-20(26)25-14-10-19-18(16-25)11-15-27-19;/h3-7,11,15H,2,8-10,12-14,16H2,1H3,(H2,22,23,24);1H. The first-order valence-corrected chi connectivity index (χ1v) is 10.5. The van der Waals surface area contributed by atoms with E-state index in [2.05, 4.69) is 51.3 Å². The van der Waals surface area contributed by atoms with Crippen LogP contribution >= 0.6 is 35.3 Å². The van der Waals surface area contributed by atoms with Gasteiger partial charge in [0.2, 0.25) is 5.91 Å². The minimum absolute atomic E-state index is 0. The average Bonchev–Trinajstić information content (AvgIpc) is 3.16. The summed E-state index contributed by atoms with van der Waals surface area (Å²) in [6, 6.07) is 12.5. The molecule has 0 saturated carbocycles. The molecule has 0 spiro atoms. The van der Waals surface area contributed by atoms with Crippen molar-refractivity contribution in [3.8, 4) is 0 Å². The summed E-state index contributed by atoms with van der Waals surface area (Å²) in [5.41, 5.74) is 2.60. The fourth-order valence-corrected chi connectivity index (χ4v) is 4.08. The van der Waals surface area contributed by atoms with Crippen LogP contribution in [0.3, 0.4) is 0 Å². The largest absolute Gasteiger partial charge is 0.357 e. The van der Waals surface area contributed by atoms with Gasteiger partial charge in [0.1, 0.15) is 0 Å². The molecule has 0 aliphatic carbocycles. The molecule has 0 radical (unpaired) electrons. The number of hydrogen-bond donors (Lipinski definition) is 2. The fraction of sp³-hybridized carbons (Fsp3) is 0.429. The predicted octanol–water partition coefficient (Wildman–Crippen LogP) is 3.44. The van der Waals surface area contributed by atoms with Gasteiger partial charge in [0.05, 0.1) is 6.54 Å². The number of guanidine groups is 1. The van der Waals surface area contributed by atoms with Crippen molar-refractivity contribution in [1.29, 1.82) is 0 Å². The Labute approximate surface area is 188 Å². The summed E-state index contributed by atoms with van der Waals surface area (Å²) in [7, 11) is 0. The lowest BCUT2D eigenvalue weighted by Gasteiger charge is -2.26. The van der Waals surface area contributed by atoms with Crippen LogP contribution in [-0.4, -0.2) is 42.9 Å². The number of hydrogen-bond acceptors (Lipinski definition) is 3. The second kappa shape index (κ2) is 12.1. The minimum atomic E-state index is 0. The van der Waals surface area contributed by atoms with E-state index in [1.54, 1.807) is 11.3 Å². The van der Waals surface area contributed by atoms with Gasteiger partial charge in [-0.15, -0.1) is 35.3 Å². The van der Waals surface area contributed by atoms with Crippen LogP contribution < -0.4 is 10.6 Å². The van der Waals surface area contributed by atoms with Crippen molar-refractivity contribution in [2.45, 2.75) is 32.7 Å². The van der Waals surface area contributed by atoms with E-state index in [1.807, 2.05) is 17.9 Å². The molecule has 0 bridgehead atoms. The second-order valence-electron chi connectivity index (χ2n) is 6.61. The van der Waals surface area contributed by atoms with E-state index in [0.717, 1.165) is 45.0 Å². The highest BCUT2D eigenvalue weighted by atomic mass is 127. The van der Waals surface area contributed by atoms with Gasteiger partial charge in [-0.2, -0.15) is 0 Å². The van der Waals surface area contributed by atoms with Crippen LogP contribution in [0.1, 0.15) is 29.3 Å². The van der Waals surface area contributed by atoms with Crippen LogP contribution in [-0.2, 0) is 24.2 Å². The quantitative estimate of drug-likeness (QED) is 0.340. The number of benzene rings is 1. The van der Waals surface area contributed by atoms with Crippen molar-refractivity contribution < 1.29 is 4.79 Å². The van der Waals surface area contributed by atoms with Crippen molar-refractivity contribution in [3.63, 3.8) is 0 Å². The molecule has 1 aromatic carbocycles. The van der Waals surface area contributed by atoms with E-state index in [0.29, 0.717) is 13.0 Å². The van der Waals surface area contributed by atoms with Crippen molar-refractivity contribution in [2.24, 2.45) is 4.99 Å². The molecule has 1 amide bonds. The van der Waals surface area contributed by atoms with E-state index < -0.39 is 0 Å². The molecule has 1 aliphatic heterocycles. The molecule has 0 unspecified atom stereocenters. The maximum absolute atomic E-state index is 12.5. The van der Waals surface area contributed by atoms with E-state index in [-0.39, 0.29) is 29.9 Å². The Kier molecular flexibility index (Phi) is 9.77. The maximum Gasteiger partial charge on any atom is 0.224 e. The SMILES string of the molecule is CCNC(=NCCC(=O)N1CCc2sccc2C1)NCCc1ccccc1.I. The Balaban J connectivity index is 0.00000280. The molecule has 152 valence electrons. The minimum Gasteiger partial charge on any atom is -0.357 e. The number of carbonyl (C=O) groups is 1. The van der Waals surface area contributed by atoms with Crippen molar-refractivity contribution in [1.82, 2.24) is 15.5 Å². The summed E-state index contributed by atoms with van der Waals surface area (Å²) >= 11 is 1.80. The van der Waals surface area contributed by atoms with Crippen molar-refractivity contribution in [3.05, 3.63) is 57.8 Å². The highest BCUT2D eigenvalue weighted by Gasteiger charge is 2.20. The summed E-state index contributed by atoms with van der Waals surface area (Å²) in [5, 5.41) is 8.71. The first-order valence-electron chi connectivity index (χ1n) is 9.65. The summed E-state index contributed by atoms with van der Waals surface area (Å²) < 4.78 is 0. The molecule has 0 atom stereocenters. The first kappa shape index (κ1) is 22.7. The lowest BCUT2D eigenvalue weighted by molar-refractivity contribution is -0.131. The van der Waals surface area contributed by atoms with Gasteiger partial charge in [-0.3, -0.25) is 9.79 Å². The summed E-state index contributed by atoms with van der Waals surface area (Å²) in [6.07, 6.45) is 2.38. The predicted molar refractivity (Wildman–Crippen MR) is 128 cm³/mol. The van der Waals surface area contributed by atoms with E-state index in [9.17, 15) is 4.79 Å². The van der Waals surface area contributed by atoms with Crippen LogP contribution in [0.5, 0.6) is 0 Å². The van der Waals surface area contributed by atoms with Crippen LogP contribution in [0.4, 0.5) is 0 Å². The molecule has 2 heterocycles. The van der Waals surface area contributed by atoms with Gasteiger partial charge in [-0.25, -0.2) is 0 Å². The fourth-order valence-electron chi connectivity index (χ4n) is 3.19. The van der Waals surface area contributed by atoms with Crippen LogP contribution in [0, 0.1) is 0 Å². The van der Waals surface area contributed by atoms with E-state index in [1.165, 1.54) is 16.0 Å². The Bertz CT molecular complexity index is 763. The maximum atomic E-state index is 12.5. The Morgan fingerprint density at radius 3 is 2.82 bits per heavy atom. The topological polar surface area (TPSA) is 56.7 Å². The smallest absolute Gasteiger partial charge is 0.224 e. The zero-order chi connectivity index (χ0) is 18.9. The normalized spacial score (nSPS) is 13.5. The van der Waals surface area contributed by atoms with E-state index in [4.69, 9.17) is 0 Å². The molecule has 0 saturated heterocycles. The molecule has 0 fully saturated rings. The molecule has 3 rings (SSSR count). The number of amides is 1. The van der Waals surface area contributed by atoms with Gasteiger partial charge in [0.25, 0.3) is 0 Å². The van der Waals surface area contributed by atoms with Gasteiger partial charge < -0.3 is 15.5 Å². The Morgan fingerprint density at radius 1 is 1.21 bits per heavy atom. The number of carbonyl (C=O) groups excluding carboxylic acids is 1.